The van der Waals surface area contributed by atoms with Gasteiger partial charge < -0.3 is 4.90 Å². The molecule has 0 aliphatic carbocycles. The third kappa shape index (κ3) is 3.91. The number of rotatable bonds is 6. The molecule has 2 aliphatic heterocycles. The Kier molecular flexibility index (Phi) is 6.35. The van der Waals surface area contributed by atoms with E-state index in [1.807, 2.05) is 13.8 Å². The van der Waals surface area contributed by atoms with Gasteiger partial charge in [-0.2, -0.15) is 22.3 Å². The van der Waals surface area contributed by atoms with E-state index in [-0.39, 0.29) is 11.9 Å². The number of anilines is 1. The fraction of sp³-hybridized carbons (Fsp3) is 0.579. The molecule has 3 rings (SSSR count). The zero-order valence-electron chi connectivity index (χ0n) is 16.4. The Hall–Kier alpha value is -1.99. The minimum Gasteiger partial charge on any atom is -0.311 e. The van der Waals surface area contributed by atoms with Crippen LogP contribution in [0.15, 0.2) is 24.3 Å². The van der Waals surface area contributed by atoms with Crippen molar-refractivity contribution in [3.8, 4) is 6.07 Å². The van der Waals surface area contributed by atoms with Crippen molar-refractivity contribution in [1.29, 1.82) is 5.26 Å². The van der Waals surface area contributed by atoms with Crippen LogP contribution in [0.1, 0.15) is 25.8 Å². The zero-order valence-corrected chi connectivity index (χ0v) is 17.2. The average molecular weight is 406 g/mol. The van der Waals surface area contributed by atoms with Crippen LogP contribution < -0.4 is 4.90 Å². The molecular formula is C19H27N5O3S. The van der Waals surface area contributed by atoms with Gasteiger partial charge in [0.05, 0.1) is 17.7 Å². The third-order valence-corrected chi connectivity index (χ3v) is 7.74. The molecule has 2 fully saturated rings. The summed E-state index contributed by atoms with van der Waals surface area (Å²) in [6, 6.07) is 8.89. The second-order valence-electron chi connectivity index (χ2n) is 6.98. The molecule has 1 aromatic carbocycles. The largest absolute Gasteiger partial charge is 0.311 e. The Balaban J connectivity index is 1.62. The molecule has 2 saturated heterocycles. The summed E-state index contributed by atoms with van der Waals surface area (Å²) < 4.78 is 28.3. The van der Waals surface area contributed by atoms with Gasteiger partial charge in [0.15, 0.2) is 0 Å². The van der Waals surface area contributed by atoms with Crippen LogP contribution >= 0.6 is 0 Å². The van der Waals surface area contributed by atoms with Crippen LogP contribution in [-0.2, 0) is 15.0 Å². The highest BCUT2D eigenvalue weighted by atomic mass is 32.2. The Labute approximate surface area is 167 Å². The lowest BCUT2D eigenvalue weighted by Crippen LogP contribution is -2.56. The number of benzene rings is 1. The number of hydrogen-bond donors (Lipinski definition) is 0. The smallest absolute Gasteiger partial charge is 0.282 e. The van der Waals surface area contributed by atoms with Crippen molar-refractivity contribution in [2.24, 2.45) is 0 Å². The summed E-state index contributed by atoms with van der Waals surface area (Å²) in [5.41, 5.74) is 1.37. The molecule has 0 N–H and O–H groups in total. The van der Waals surface area contributed by atoms with Gasteiger partial charge in [-0.05, 0) is 30.7 Å². The SMILES string of the molecule is CCN(CC)S(=O)(=O)N1CCN(C2CCN(c3ccc(C#N)cc3)C2=O)CC1. The van der Waals surface area contributed by atoms with Crippen LogP contribution in [0.5, 0.6) is 0 Å². The van der Waals surface area contributed by atoms with Crippen molar-refractivity contribution in [3.63, 3.8) is 0 Å². The molecule has 9 heteroatoms. The lowest BCUT2D eigenvalue weighted by molar-refractivity contribution is -0.122. The van der Waals surface area contributed by atoms with Crippen LogP contribution in [0, 0.1) is 11.3 Å². The number of amides is 1. The lowest BCUT2D eigenvalue weighted by atomic mass is 10.2. The molecule has 152 valence electrons. The van der Waals surface area contributed by atoms with E-state index in [0.717, 1.165) is 12.1 Å². The van der Waals surface area contributed by atoms with E-state index >= 15 is 0 Å². The molecule has 1 amide bonds. The standard InChI is InChI=1S/C19H27N5O3S/c1-3-22(4-2)28(26,27)23-13-11-21(12-14-23)18-9-10-24(19(18)25)17-7-5-16(15-20)6-8-17/h5-8,18H,3-4,9-14H2,1-2H3. The average Bonchev–Trinajstić information content (AvgIpc) is 3.10. The summed E-state index contributed by atoms with van der Waals surface area (Å²) >= 11 is 0. The third-order valence-electron chi connectivity index (χ3n) is 5.56. The van der Waals surface area contributed by atoms with E-state index in [1.54, 1.807) is 29.2 Å². The number of carbonyl (C=O) groups excluding carboxylic acids is 1. The second-order valence-corrected chi connectivity index (χ2v) is 8.91. The molecule has 0 bridgehead atoms. The number of carbonyl (C=O) groups is 1. The number of piperazine rings is 1. The van der Waals surface area contributed by atoms with Crippen molar-refractivity contribution >= 4 is 21.8 Å². The highest BCUT2D eigenvalue weighted by Crippen LogP contribution is 2.26. The second kappa shape index (κ2) is 8.57. The quantitative estimate of drug-likeness (QED) is 0.701. The van der Waals surface area contributed by atoms with Crippen LogP contribution in [-0.4, -0.2) is 79.7 Å². The summed E-state index contributed by atoms with van der Waals surface area (Å²) in [4.78, 5) is 16.8. The first-order chi connectivity index (χ1) is 13.4. The minimum absolute atomic E-state index is 0.0461. The van der Waals surface area contributed by atoms with Gasteiger partial charge in [0.1, 0.15) is 0 Å². The van der Waals surface area contributed by atoms with Gasteiger partial charge in [0.25, 0.3) is 10.2 Å². The van der Waals surface area contributed by atoms with Gasteiger partial charge in [0, 0.05) is 51.5 Å². The van der Waals surface area contributed by atoms with Crippen molar-refractivity contribution < 1.29 is 13.2 Å². The normalized spacial score (nSPS) is 22.0. The Bertz CT molecular complexity index is 837. The van der Waals surface area contributed by atoms with Crippen molar-refractivity contribution in [2.75, 3.05) is 50.7 Å². The van der Waals surface area contributed by atoms with Crippen molar-refractivity contribution in [2.45, 2.75) is 26.3 Å². The predicted octanol–water partition coefficient (Wildman–Crippen LogP) is 0.868. The van der Waals surface area contributed by atoms with Gasteiger partial charge in [-0.25, -0.2) is 0 Å². The minimum atomic E-state index is -3.43. The van der Waals surface area contributed by atoms with Crippen LogP contribution in [0.4, 0.5) is 5.69 Å². The topological polar surface area (TPSA) is 88.0 Å². The molecule has 0 aromatic heterocycles. The van der Waals surface area contributed by atoms with Crippen LogP contribution in [0.3, 0.4) is 0 Å². The van der Waals surface area contributed by atoms with Crippen molar-refractivity contribution in [3.05, 3.63) is 29.8 Å². The summed E-state index contributed by atoms with van der Waals surface area (Å²) in [7, 11) is -3.43. The Morgan fingerprint density at radius 1 is 1.07 bits per heavy atom. The predicted molar refractivity (Wildman–Crippen MR) is 107 cm³/mol. The molecule has 8 nitrogen and oxygen atoms in total. The molecule has 0 radical (unpaired) electrons. The zero-order chi connectivity index (χ0) is 20.3. The summed E-state index contributed by atoms with van der Waals surface area (Å²) in [5.74, 6) is 0.0461. The Morgan fingerprint density at radius 2 is 1.68 bits per heavy atom. The molecule has 2 heterocycles. The first-order valence-electron chi connectivity index (χ1n) is 9.73. The number of nitriles is 1. The highest BCUT2D eigenvalue weighted by Gasteiger charge is 2.39. The van der Waals surface area contributed by atoms with Gasteiger partial charge in [0.2, 0.25) is 5.91 Å². The fourth-order valence-corrected chi connectivity index (χ4v) is 5.54. The van der Waals surface area contributed by atoms with Crippen molar-refractivity contribution in [1.82, 2.24) is 13.5 Å². The maximum atomic E-state index is 12.9. The molecule has 1 aromatic rings. The van der Waals surface area contributed by atoms with E-state index in [9.17, 15) is 13.2 Å². The lowest BCUT2D eigenvalue weighted by Gasteiger charge is -2.38. The summed E-state index contributed by atoms with van der Waals surface area (Å²) in [6.45, 7) is 7.14. The monoisotopic (exact) mass is 405 g/mol. The highest BCUT2D eigenvalue weighted by molar-refractivity contribution is 7.86. The van der Waals surface area contributed by atoms with E-state index in [0.29, 0.717) is 51.4 Å². The first-order valence-corrected chi connectivity index (χ1v) is 11.1. The van der Waals surface area contributed by atoms with E-state index < -0.39 is 10.2 Å². The molecule has 1 unspecified atom stereocenters. The van der Waals surface area contributed by atoms with Gasteiger partial charge in [-0.15, -0.1) is 0 Å². The molecule has 1 atom stereocenters. The maximum Gasteiger partial charge on any atom is 0.282 e. The summed E-state index contributed by atoms with van der Waals surface area (Å²) in [5, 5.41) is 8.92. The Morgan fingerprint density at radius 3 is 2.21 bits per heavy atom. The van der Waals surface area contributed by atoms with E-state index in [4.69, 9.17) is 5.26 Å². The number of nitrogens with zero attached hydrogens (tertiary/aromatic N) is 5. The van der Waals surface area contributed by atoms with Crippen LogP contribution in [0.25, 0.3) is 0 Å². The molecule has 2 aliphatic rings. The molecule has 28 heavy (non-hydrogen) atoms. The number of hydrogen-bond acceptors (Lipinski definition) is 5. The summed E-state index contributed by atoms with van der Waals surface area (Å²) in [6.07, 6.45) is 0.724. The first kappa shape index (κ1) is 20.7. The molecule has 0 spiro atoms. The van der Waals surface area contributed by atoms with E-state index in [2.05, 4.69) is 11.0 Å². The van der Waals surface area contributed by atoms with Gasteiger partial charge >= 0.3 is 0 Å². The van der Waals surface area contributed by atoms with Gasteiger partial charge in [-0.3, -0.25) is 9.69 Å². The molecular weight excluding hydrogens is 378 g/mol. The van der Waals surface area contributed by atoms with Crippen LogP contribution in [0.2, 0.25) is 0 Å². The maximum absolute atomic E-state index is 12.9. The van der Waals surface area contributed by atoms with E-state index in [1.165, 1.54) is 8.61 Å². The molecule has 0 saturated carbocycles. The fourth-order valence-electron chi connectivity index (χ4n) is 3.94. The van der Waals surface area contributed by atoms with Gasteiger partial charge in [-0.1, -0.05) is 13.8 Å².